The van der Waals surface area contributed by atoms with Crippen molar-refractivity contribution >= 4 is 33.7 Å². The normalized spacial score (nSPS) is 13.6. The maximum atomic E-state index is 9.21. The minimum absolute atomic E-state index is 0.497. The van der Waals surface area contributed by atoms with Gasteiger partial charge in [-0.05, 0) is 72.5 Å². The molecule has 1 heterocycles. The number of oxime groups is 1. The Morgan fingerprint density at radius 3 is 2.44 bits per heavy atom. The van der Waals surface area contributed by atoms with Crippen molar-refractivity contribution in [3.63, 3.8) is 0 Å². The summed E-state index contributed by atoms with van der Waals surface area (Å²) in [6.07, 6.45) is 3.86. The first kappa shape index (κ1) is 19.6. The van der Waals surface area contributed by atoms with E-state index in [4.69, 9.17) is 11.6 Å². The second kappa shape index (κ2) is 8.24. The summed E-state index contributed by atoms with van der Waals surface area (Å²) in [6, 6.07) is 18.3. The molecule has 0 saturated heterocycles. The van der Waals surface area contributed by atoms with Gasteiger partial charge in [-0.25, -0.2) is 0 Å². The van der Waals surface area contributed by atoms with Crippen molar-refractivity contribution in [3.05, 3.63) is 98.2 Å². The zero-order valence-corrected chi connectivity index (χ0v) is 17.5. The fourth-order valence-electron chi connectivity index (χ4n) is 3.65. The van der Waals surface area contributed by atoms with Gasteiger partial charge in [0.25, 0.3) is 0 Å². The number of rotatable bonds is 5. The van der Waals surface area contributed by atoms with Crippen LogP contribution < -0.4 is 0 Å². The summed E-state index contributed by atoms with van der Waals surface area (Å²) in [4.78, 5) is 4.36. The lowest BCUT2D eigenvalue weighted by Gasteiger charge is -2.36. The van der Waals surface area contributed by atoms with Gasteiger partial charge in [-0.15, -0.1) is 5.16 Å². The highest BCUT2D eigenvalue weighted by Gasteiger charge is 2.37. The lowest BCUT2D eigenvalue weighted by molar-refractivity contribution is 0.319. The third kappa shape index (κ3) is 3.92. The first-order chi connectivity index (χ1) is 13.0. The van der Waals surface area contributed by atoms with Crippen LogP contribution in [-0.2, 0) is 5.41 Å². The van der Waals surface area contributed by atoms with Crippen molar-refractivity contribution in [2.24, 2.45) is 5.16 Å². The molecule has 1 aromatic heterocycles. The second-order valence-electron chi connectivity index (χ2n) is 6.56. The van der Waals surface area contributed by atoms with Gasteiger partial charge < -0.3 is 5.21 Å². The summed E-state index contributed by atoms with van der Waals surface area (Å²) in [7, 11) is 0. The van der Waals surface area contributed by atoms with E-state index in [2.05, 4.69) is 57.3 Å². The Balaban J connectivity index is 2.39. The molecule has 0 aliphatic carbocycles. The fourth-order valence-corrected chi connectivity index (χ4v) is 4.14. The summed E-state index contributed by atoms with van der Waals surface area (Å²) in [5.74, 6) is 0. The van der Waals surface area contributed by atoms with Crippen LogP contribution in [0.1, 0.15) is 34.4 Å². The van der Waals surface area contributed by atoms with Gasteiger partial charge in [-0.3, -0.25) is 4.98 Å². The molecule has 138 valence electrons. The Hall–Kier alpha value is -2.17. The summed E-state index contributed by atoms with van der Waals surface area (Å²) in [5, 5.41) is 13.2. The van der Waals surface area contributed by atoms with Crippen LogP contribution in [0.3, 0.4) is 0 Å². The van der Waals surface area contributed by atoms with E-state index in [0.29, 0.717) is 11.4 Å². The molecule has 27 heavy (non-hydrogen) atoms. The highest BCUT2D eigenvalue weighted by Crippen LogP contribution is 2.44. The Kier molecular flexibility index (Phi) is 5.98. The zero-order valence-electron chi connectivity index (χ0n) is 15.2. The third-order valence-corrected chi connectivity index (χ3v) is 5.62. The molecule has 0 fully saturated rings. The van der Waals surface area contributed by atoms with Crippen molar-refractivity contribution in [2.75, 3.05) is 0 Å². The molecule has 5 heteroatoms. The van der Waals surface area contributed by atoms with Crippen LogP contribution in [-0.4, -0.2) is 16.4 Å². The van der Waals surface area contributed by atoms with Gasteiger partial charge in [0.1, 0.15) is 0 Å². The molecular formula is C22H20BrClN2O. The molecule has 0 saturated carbocycles. The Morgan fingerprint density at radius 1 is 1.07 bits per heavy atom. The summed E-state index contributed by atoms with van der Waals surface area (Å²) in [6.45, 7) is 4.03. The van der Waals surface area contributed by atoms with E-state index in [-0.39, 0.29) is 0 Å². The van der Waals surface area contributed by atoms with E-state index < -0.39 is 5.41 Å². The number of hydrogen-bond acceptors (Lipinski definition) is 3. The Bertz CT molecular complexity index is 972. The lowest BCUT2D eigenvalue weighted by atomic mass is 9.66. The molecule has 1 unspecified atom stereocenters. The van der Waals surface area contributed by atoms with Gasteiger partial charge in [0, 0.05) is 34.0 Å². The van der Waals surface area contributed by atoms with Crippen LogP contribution in [0.4, 0.5) is 0 Å². The van der Waals surface area contributed by atoms with E-state index in [9.17, 15) is 5.21 Å². The predicted octanol–water partition coefficient (Wildman–Crippen LogP) is 6.30. The van der Waals surface area contributed by atoms with Gasteiger partial charge in [-0.1, -0.05) is 45.7 Å². The summed E-state index contributed by atoms with van der Waals surface area (Å²) in [5.41, 5.74) is 4.77. The molecule has 0 aliphatic rings. The molecule has 0 spiro atoms. The van der Waals surface area contributed by atoms with E-state index in [0.717, 1.165) is 32.4 Å². The van der Waals surface area contributed by atoms with Gasteiger partial charge in [0.2, 0.25) is 0 Å². The van der Waals surface area contributed by atoms with Gasteiger partial charge in [0.15, 0.2) is 0 Å². The standard InChI is InChI=1S/C22H20BrClN2O/c1-15-13-20(24)7-8-21(15)22(10-12-26-27,17-3-5-19(23)6-4-17)18-9-11-25-16(2)14-18/h3-9,11-14,27H,10H2,1-2H3/b26-12+. The van der Waals surface area contributed by atoms with Crippen LogP contribution >= 0.6 is 27.5 Å². The van der Waals surface area contributed by atoms with Crippen molar-refractivity contribution in [2.45, 2.75) is 25.7 Å². The maximum absolute atomic E-state index is 9.21. The molecule has 0 aliphatic heterocycles. The molecular weight excluding hydrogens is 424 g/mol. The molecule has 3 aromatic rings. The number of hydrogen-bond donors (Lipinski definition) is 1. The van der Waals surface area contributed by atoms with Crippen LogP contribution in [0.2, 0.25) is 5.02 Å². The largest absolute Gasteiger partial charge is 0.411 e. The second-order valence-corrected chi connectivity index (χ2v) is 7.91. The smallest absolute Gasteiger partial charge is 0.0505 e. The highest BCUT2D eigenvalue weighted by molar-refractivity contribution is 9.10. The highest BCUT2D eigenvalue weighted by atomic mass is 79.9. The van der Waals surface area contributed by atoms with E-state index in [1.807, 2.05) is 43.5 Å². The minimum Gasteiger partial charge on any atom is -0.411 e. The molecule has 0 bridgehead atoms. The number of benzene rings is 2. The Morgan fingerprint density at radius 2 is 1.81 bits per heavy atom. The molecule has 3 nitrogen and oxygen atoms in total. The lowest BCUT2D eigenvalue weighted by Crippen LogP contribution is -2.31. The first-order valence-corrected chi connectivity index (χ1v) is 9.76. The van der Waals surface area contributed by atoms with Crippen LogP contribution in [0.15, 0.2) is 70.4 Å². The first-order valence-electron chi connectivity index (χ1n) is 8.59. The molecule has 2 aromatic carbocycles. The number of nitrogens with zero attached hydrogens (tertiary/aromatic N) is 2. The van der Waals surface area contributed by atoms with Crippen molar-refractivity contribution < 1.29 is 5.21 Å². The molecule has 1 atom stereocenters. The summed E-state index contributed by atoms with van der Waals surface area (Å²) >= 11 is 9.75. The van der Waals surface area contributed by atoms with Gasteiger partial charge in [-0.2, -0.15) is 0 Å². The Labute approximate surface area is 172 Å². The quantitative estimate of drug-likeness (QED) is 0.286. The summed E-state index contributed by atoms with van der Waals surface area (Å²) < 4.78 is 1.01. The molecule has 0 radical (unpaired) electrons. The van der Waals surface area contributed by atoms with Gasteiger partial charge in [0.05, 0.1) is 5.41 Å². The predicted molar refractivity (Wildman–Crippen MR) is 114 cm³/mol. The van der Waals surface area contributed by atoms with Crippen LogP contribution in [0, 0.1) is 13.8 Å². The van der Waals surface area contributed by atoms with Crippen molar-refractivity contribution in [3.8, 4) is 0 Å². The monoisotopic (exact) mass is 442 g/mol. The average Bonchev–Trinajstić information content (AvgIpc) is 2.64. The van der Waals surface area contributed by atoms with Crippen LogP contribution in [0.5, 0.6) is 0 Å². The number of aromatic nitrogens is 1. The zero-order chi connectivity index (χ0) is 19.4. The third-order valence-electron chi connectivity index (χ3n) is 4.85. The minimum atomic E-state index is -0.532. The maximum Gasteiger partial charge on any atom is 0.0505 e. The van der Waals surface area contributed by atoms with E-state index >= 15 is 0 Å². The number of aryl methyl sites for hydroxylation is 2. The molecule has 0 amide bonds. The van der Waals surface area contributed by atoms with E-state index in [1.165, 1.54) is 0 Å². The SMILES string of the molecule is Cc1cc(C(C/C=N/O)(c2ccc(Br)cc2)c2ccc(Cl)cc2C)ccn1. The van der Waals surface area contributed by atoms with Gasteiger partial charge >= 0.3 is 0 Å². The number of pyridine rings is 1. The van der Waals surface area contributed by atoms with Crippen LogP contribution in [0.25, 0.3) is 0 Å². The van der Waals surface area contributed by atoms with Crippen molar-refractivity contribution in [1.82, 2.24) is 4.98 Å². The number of halogens is 2. The average molecular weight is 444 g/mol. The fraction of sp³-hybridized carbons (Fsp3) is 0.182. The molecule has 3 rings (SSSR count). The molecule has 1 N–H and O–H groups in total. The van der Waals surface area contributed by atoms with Crippen molar-refractivity contribution in [1.29, 1.82) is 0 Å². The topological polar surface area (TPSA) is 45.5 Å². The van der Waals surface area contributed by atoms with E-state index in [1.54, 1.807) is 6.21 Å².